The van der Waals surface area contributed by atoms with Crippen LogP contribution < -0.4 is 5.43 Å². The van der Waals surface area contributed by atoms with Crippen molar-refractivity contribution in [2.24, 2.45) is 5.00 Å². The molecule has 0 fully saturated rings. The first-order valence-corrected chi connectivity index (χ1v) is 0.982. The van der Waals surface area contributed by atoms with Crippen molar-refractivity contribution in [2.45, 2.75) is 0 Å². The fraction of sp³-hybridized carbons (Fsp3) is 1.00. The van der Waals surface area contributed by atoms with Gasteiger partial charge < -0.3 is 0 Å². The first-order valence-electron chi connectivity index (χ1n) is 0.982. The number of hydrogen-bond donors (Lipinski definition) is 1. The van der Waals surface area contributed by atoms with E-state index in [1.165, 1.54) is 0 Å². The Balaban J connectivity index is 2.30. The molecule has 0 spiro atoms. The summed E-state index contributed by atoms with van der Waals surface area (Å²) in [6, 6.07) is 0. The molecular formula is CH4BN2. The standard InChI is InChI=1S/CH4BN2/c1-3-4-2/h3H,1H3. The molecule has 0 heterocycles. The van der Waals surface area contributed by atoms with Crippen LogP contribution in [0.15, 0.2) is 5.00 Å². The third-order valence-electron chi connectivity index (χ3n) is 0.129. The van der Waals surface area contributed by atoms with Crippen LogP contribution in [0.25, 0.3) is 0 Å². The van der Waals surface area contributed by atoms with Crippen LogP contribution in [0.4, 0.5) is 0 Å². The van der Waals surface area contributed by atoms with E-state index in [4.69, 9.17) is 0 Å². The van der Waals surface area contributed by atoms with Crippen molar-refractivity contribution in [3.63, 3.8) is 0 Å². The van der Waals surface area contributed by atoms with E-state index >= 15 is 0 Å². The second-order valence-electron chi connectivity index (χ2n) is 0.353. The van der Waals surface area contributed by atoms with Crippen LogP contribution in [0, 0.1) is 0 Å². The number of nitrogens with one attached hydrogen (secondary N) is 1. The van der Waals surface area contributed by atoms with Gasteiger partial charge in [0.25, 0.3) is 0 Å². The Hall–Kier alpha value is -0.335. The van der Waals surface area contributed by atoms with Crippen molar-refractivity contribution < 1.29 is 0 Å². The molecule has 0 saturated carbocycles. The van der Waals surface area contributed by atoms with Crippen molar-refractivity contribution in [3.8, 4) is 0 Å². The van der Waals surface area contributed by atoms with E-state index in [0.29, 0.717) is 0 Å². The molecule has 0 aromatic heterocycles. The Morgan fingerprint density at radius 1 is 2.00 bits per heavy atom. The first kappa shape index (κ1) is 3.66. The van der Waals surface area contributed by atoms with E-state index in [1.807, 2.05) is 0 Å². The Labute approximate surface area is 26.3 Å². The van der Waals surface area contributed by atoms with Crippen LogP contribution in [0.1, 0.15) is 0 Å². The fourth-order valence-electron chi connectivity index (χ4n) is 0. The van der Waals surface area contributed by atoms with Crippen LogP contribution in [0.3, 0.4) is 0 Å². The molecule has 0 unspecified atom stereocenters. The fourth-order valence-corrected chi connectivity index (χ4v) is 0. The van der Waals surface area contributed by atoms with Crippen molar-refractivity contribution >= 4 is 7.64 Å². The minimum atomic E-state index is 1.64. The molecule has 21 valence electrons. The molecule has 0 rings (SSSR count). The second-order valence-corrected chi connectivity index (χ2v) is 0.353. The van der Waals surface area contributed by atoms with Gasteiger partial charge in [-0.3, -0.25) is 0 Å². The van der Waals surface area contributed by atoms with Crippen LogP contribution in [-0.4, -0.2) is 14.7 Å². The maximum absolute atomic E-state index is 4.54. The van der Waals surface area contributed by atoms with Gasteiger partial charge in [0.1, 0.15) is 0 Å². The molecule has 0 aliphatic heterocycles. The van der Waals surface area contributed by atoms with Crippen molar-refractivity contribution in [1.29, 1.82) is 0 Å². The number of hydrogen-bond acceptors (Lipinski definition) is 2. The Morgan fingerprint density at radius 3 is 2.25 bits per heavy atom. The SMILES string of the molecule is [B]=NNC. The normalized spacial score (nSPS) is 5.00. The zero-order valence-electron chi connectivity index (χ0n) is 2.52. The summed E-state index contributed by atoms with van der Waals surface area (Å²) in [7, 11) is 6.18. The van der Waals surface area contributed by atoms with E-state index in [2.05, 4.69) is 18.1 Å². The molecule has 1 radical (unpaired) electrons. The number of rotatable bonds is 1. The average Bonchev–Trinajstić information content (AvgIpc) is 1.37. The van der Waals surface area contributed by atoms with Gasteiger partial charge in [-0.25, -0.2) is 0 Å². The molecular weight excluding hydrogens is 50.8 g/mol. The predicted octanol–water partition coefficient (Wildman–Crippen LogP) is -0.527. The van der Waals surface area contributed by atoms with Gasteiger partial charge in [-0.2, -0.15) is 0 Å². The van der Waals surface area contributed by atoms with E-state index in [-0.39, 0.29) is 0 Å². The van der Waals surface area contributed by atoms with E-state index in [0.717, 1.165) is 0 Å². The second kappa shape index (κ2) is 2.66. The van der Waals surface area contributed by atoms with Crippen LogP contribution in [0.5, 0.6) is 0 Å². The first-order chi connectivity index (χ1) is 1.91. The summed E-state index contributed by atoms with van der Waals surface area (Å²) in [4.78, 5) is 0. The average molecular weight is 54.9 g/mol. The third-order valence-corrected chi connectivity index (χ3v) is 0.129. The van der Waals surface area contributed by atoms with Gasteiger partial charge in [0.2, 0.25) is 0 Å². The summed E-state index contributed by atoms with van der Waals surface area (Å²) >= 11 is 0. The van der Waals surface area contributed by atoms with Gasteiger partial charge >= 0.3 is 25.1 Å². The Kier molecular flexibility index (Phi) is 2.44. The molecule has 0 aromatic rings. The summed E-state index contributed by atoms with van der Waals surface area (Å²) in [5.41, 5.74) is 2.33. The van der Waals surface area contributed by atoms with Crippen LogP contribution in [-0.2, 0) is 0 Å². The summed E-state index contributed by atoms with van der Waals surface area (Å²) in [5.74, 6) is 0. The van der Waals surface area contributed by atoms with E-state index in [9.17, 15) is 0 Å². The van der Waals surface area contributed by atoms with Gasteiger partial charge in [0, 0.05) is 0 Å². The maximum atomic E-state index is 4.54. The molecule has 0 aliphatic rings. The molecule has 4 heavy (non-hydrogen) atoms. The van der Waals surface area contributed by atoms with E-state index < -0.39 is 0 Å². The molecule has 0 amide bonds. The molecule has 1 N–H and O–H groups in total. The minimum absolute atomic E-state index is 1.64. The van der Waals surface area contributed by atoms with Crippen molar-refractivity contribution in [1.82, 2.24) is 5.43 Å². The number of nitrogens with zero attached hydrogens (tertiary/aromatic N) is 1. The van der Waals surface area contributed by atoms with Crippen molar-refractivity contribution in [3.05, 3.63) is 0 Å². The van der Waals surface area contributed by atoms with Gasteiger partial charge in [-0.05, 0) is 0 Å². The molecule has 0 atom stereocenters. The Bertz CT molecular complexity index is 20.0. The van der Waals surface area contributed by atoms with Gasteiger partial charge in [0.15, 0.2) is 0 Å². The predicted molar refractivity (Wildman–Crippen MR) is 17.2 cm³/mol. The molecule has 3 heteroatoms. The summed E-state index contributed by atoms with van der Waals surface area (Å²) in [6.45, 7) is 0. The molecule has 0 aromatic carbocycles. The topological polar surface area (TPSA) is 24.4 Å². The third kappa shape index (κ3) is 1.66. The van der Waals surface area contributed by atoms with Crippen LogP contribution >= 0.6 is 0 Å². The van der Waals surface area contributed by atoms with Gasteiger partial charge in [-0.1, -0.05) is 0 Å². The van der Waals surface area contributed by atoms with Gasteiger partial charge in [0.05, 0.1) is 0 Å². The summed E-state index contributed by atoms with van der Waals surface area (Å²) < 4.78 is 0. The van der Waals surface area contributed by atoms with E-state index in [1.54, 1.807) is 7.05 Å². The summed E-state index contributed by atoms with van der Waals surface area (Å²) in [6.07, 6.45) is 0. The Morgan fingerprint density at radius 2 is 2.25 bits per heavy atom. The molecule has 0 aliphatic carbocycles. The van der Waals surface area contributed by atoms with Gasteiger partial charge in [-0.15, -0.1) is 0 Å². The monoisotopic (exact) mass is 55.0 g/mol. The zero-order chi connectivity index (χ0) is 3.41. The summed E-state index contributed by atoms with van der Waals surface area (Å²) in [5, 5.41) is 2.99. The molecule has 0 bridgehead atoms. The van der Waals surface area contributed by atoms with Crippen LogP contribution in [0.2, 0.25) is 0 Å². The zero-order valence-corrected chi connectivity index (χ0v) is 2.52. The molecule has 2 nitrogen and oxygen atoms in total. The van der Waals surface area contributed by atoms with Crippen molar-refractivity contribution in [2.75, 3.05) is 7.05 Å². The molecule has 0 saturated heterocycles. The quantitative estimate of drug-likeness (QED) is 0.316.